The normalized spacial score (nSPS) is 13.0. The Morgan fingerprint density at radius 3 is 2.07 bits per heavy atom. The van der Waals surface area contributed by atoms with Crippen LogP contribution in [-0.2, 0) is 23.9 Å². The van der Waals surface area contributed by atoms with E-state index in [0.29, 0.717) is 0 Å². The molecule has 1 aliphatic rings. The van der Waals surface area contributed by atoms with Crippen LogP contribution in [0.1, 0.15) is 36.8 Å². The maximum atomic E-state index is 12.3. The molecule has 0 bridgehead atoms. The number of amides is 1. The van der Waals surface area contributed by atoms with Crippen LogP contribution in [0, 0.1) is 0 Å². The van der Waals surface area contributed by atoms with E-state index in [1.54, 1.807) is 0 Å². The molecule has 0 aromatic heterocycles. The molecule has 2 aromatic carbocycles. The summed E-state index contributed by atoms with van der Waals surface area (Å²) >= 11 is 0. The minimum absolute atomic E-state index is 0.0978. The highest BCUT2D eigenvalue weighted by molar-refractivity contribution is 5.99. The van der Waals surface area contributed by atoms with Gasteiger partial charge in [-0.2, -0.15) is 0 Å². The van der Waals surface area contributed by atoms with Crippen molar-refractivity contribution < 1.29 is 28.7 Å². The Morgan fingerprint density at radius 2 is 1.53 bits per heavy atom. The summed E-state index contributed by atoms with van der Waals surface area (Å²) in [7, 11) is 1.17. The number of ketones is 2. The molecule has 0 unspecified atom stereocenters. The first-order valence-electron chi connectivity index (χ1n) is 9.61. The van der Waals surface area contributed by atoms with E-state index in [-0.39, 0.29) is 18.9 Å². The van der Waals surface area contributed by atoms with Gasteiger partial charge in [0.15, 0.2) is 5.78 Å². The van der Waals surface area contributed by atoms with Gasteiger partial charge in [-0.25, -0.2) is 4.79 Å². The van der Waals surface area contributed by atoms with Crippen LogP contribution < -0.4 is 5.32 Å². The van der Waals surface area contributed by atoms with Gasteiger partial charge in [-0.1, -0.05) is 48.5 Å². The second-order valence-electron chi connectivity index (χ2n) is 7.13. The summed E-state index contributed by atoms with van der Waals surface area (Å²) in [5, 5.41) is 2.43. The Morgan fingerprint density at radius 1 is 0.967 bits per heavy atom. The Balaban J connectivity index is 1.63. The summed E-state index contributed by atoms with van der Waals surface area (Å²) in [4.78, 5) is 47.2. The van der Waals surface area contributed by atoms with Gasteiger partial charge in [-0.05, 0) is 29.2 Å². The second kappa shape index (κ2) is 9.35. The van der Waals surface area contributed by atoms with Gasteiger partial charge in [0.1, 0.15) is 18.8 Å². The molecule has 156 valence electrons. The summed E-state index contributed by atoms with van der Waals surface area (Å²) in [5.41, 5.74) is 4.36. The number of Topliss-reactive ketones (excluding diaryl/α,β-unsaturated/α-hetero) is 2. The molecule has 0 aliphatic heterocycles. The highest BCUT2D eigenvalue weighted by Crippen LogP contribution is 2.44. The molecule has 7 nitrogen and oxygen atoms in total. The number of carbonyl (C=O) groups excluding carboxylic acids is 4. The molecule has 3 rings (SSSR count). The molecule has 1 amide bonds. The molecule has 30 heavy (non-hydrogen) atoms. The van der Waals surface area contributed by atoms with Gasteiger partial charge in [0.05, 0.1) is 13.2 Å². The molecule has 2 aromatic rings. The van der Waals surface area contributed by atoms with Crippen LogP contribution in [0.5, 0.6) is 0 Å². The van der Waals surface area contributed by atoms with Gasteiger partial charge in [-0.15, -0.1) is 0 Å². The van der Waals surface area contributed by atoms with Crippen molar-refractivity contribution in [1.82, 2.24) is 5.32 Å². The minimum Gasteiger partial charge on any atom is -0.469 e. The van der Waals surface area contributed by atoms with E-state index in [2.05, 4.69) is 10.1 Å². The van der Waals surface area contributed by atoms with Crippen molar-refractivity contribution in [1.29, 1.82) is 0 Å². The fourth-order valence-corrected chi connectivity index (χ4v) is 3.61. The predicted molar refractivity (Wildman–Crippen MR) is 109 cm³/mol. The second-order valence-corrected chi connectivity index (χ2v) is 7.13. The van der Waals surface area contributed by atoms with Crippen molar-refractivity contribution in [3.8, 4) is 11.1 Å². The number of nitrogens with one attached hydrogen (secondary N) is 1. The van der Waals surface area contributed by atoms with Gasteiger partial charge in [0, 0.05) is 12.3 Å². The average Bonchev–Trinajstić information content (AvgIpc) is 3.05. The molecule has 0 saturated carbocycles. The van der Waals surface area contributed by atoms with Gasteiger partial charge in [0.2, 0.25) is 0 Å². The van der Waals surface area contributed by atoms with E-state index < -0.39 is 36.1 Å². The summed E-state index contributed by atoms with van der Waals surface area (Å²) < 4.78 is 9.84. The van der Waals surface area contributed by atoms with E-state index in [1.165, 1.54) is 14.0 Å². The van der Waals surface area contributed by atoms with Crippen LogP contribution in [-0.4, -0.2) is 43.4 Å². The lowest BCUT2D eigenvalue weighted by Crippen LogP contribution is -2.42. The third-order valence-corrected chi connectivity index (χ3v) is 5.13. The zero-order chi connectivity index (χ0) is 21.7. The largest absolute Gasteiger partial charge is 0.469 e. The number of rotatable bonds is 8. The molecule has 1 N–H and O–H groups in total. The van der Waals surface area contributed by atoms with E-state index >= 15 is 0 Å². The Bertz CT molecular complexity index is 938. The van der Waals surface area contributed by atoms with Crippen LogP contribution in [0.4, 0.5) is 4.79 Å². The Kier molecular flexibility index (Phi) is 6.61. The topological polar surface area (TPSA) is 98.8 Å². The number of carbonyl (C=O) groups is 4. The van der Waals surface area contributed by atoms with Crippen LogP contribution in [0.2, 0.25) is 0 Å². The average molecular weight is 409 g/mol. The van der Waals surface area contributed by atoms with E-state index in [4.69, 9.17) is 4.74 Å². The quantitative estimate of drug-likeness (QED) is 0.532. The first-order chi connectivity index (χ1) is 14.4. The van der Waals surface area contributed by atoms with Gasteiger partial charge in [-0.3, -0.25) is 14.4 Å². The summed E-state index contributed by atoms with van der Waals surface area (Å²) in [6.07, 6.45) is -1.54. The molecule has 0 fully saturated rings. The molecular formula is C23H23NO6. The Labute approximate surface area is 174 Å². The lowest BCUT2D eigenvalue weighted by atomic mass is 9.98. The number of hydrogen-bond acceptors (Lipinski definition) is 6. The SMILES string of the molecule is COC(=O)CC(=O)C[C@@H](NC(=O)OCC1c2ccccc2-c2ccccc21)C(C)=O. The molecule has 7 heteroatoms. The number of hydrogen-bond donors (Lipinski definition) is 1. The fraction of sp³-hybridized carbons (Fsp3) is 0.304. The standard InChI is InChI=1S/C23H23NO6/c1-14(25)21(11-15(26)12-22(27)29-2)24-23(28)30-13-20-18-9-5-3-7-16(18)17-8-4-6-10-19(17)20/h3-10,20-21H,11-13H2,1-2H3,(H,24,28)/t21-/m1/s1. The lowest BCUT2D eigenvalue weighted by Gasteiger charge is -2.18. The number of alkyl carbamates (subject to hydrolysis) is 1. The van der Waals surface area contributed by atoms with Crippen molar-refractivity contribution in [2.75, 3.05) is 13.7 Å². The minimum atomic E-state index is -1.06. The zero-order valence-electron chi connectivity index (χ0n) is 16.8. The number of fused-ring (bicyclic) bond motifs is 3. The highest BCUT2D eigenvalue weighted by atomic mass is 16.5. The first kappa shape index (κ1) is 21.2. The van der Waals surface area contributed by atoms with E-state index in [1.807, 2.05) is 48.5 Å². The molecule has 1 aliphatic carbocycles. The van der Waals surface area contributed by atoms with Gasteiger partial charge >= 0.3 is 12.1 Å². The summed E-state index contributed by atoms with van der Waals surface area (Å²) in [6.45, 7) is 1.36. The maximum Gasteiger partial charge on any atom is 0.407 e. The van der Waals surface area contributed by atoms with Gasteiger partial charge in [0.25, 0.3) is 0 Å². The number of methoxy groups -OCH3 is 1. The third-order valence-electron chi connectivity index (χ3n) is 5.13. The fourth-order valence-electron chi connectivity index (χ4n) is 3.61. The summed E-state index contributed by atoms with van der Waals surface area (Å²) in [5.74, 6) is -1.70. The predicted octanol–water partition coefficient (Wildman–Crippen LogP) is 3.01. The maximum absolute atomic E-state index is 12.3. The Hall–Kier alpha value is -3.48. The lowest BCUT2D eigenvalue weighted by molar-refractivity contribution is -0.143. The van der Waals surface area contributed by atoms with E-state index in [9.17, 15) is 19.2 Å². The third kappa shape index (κ3) is 4.74. The molecule has 0 radical (unpaired) electrons. The van der Waals surface area contributed by atoms with Crippen molar-refractivity contribution in [2.24, 2.45) is 0 Å². The van der Waals surface area contributed by atoms with Crippen molar-refractivity contribution in [3.63, 3.8) is 0 Å². The van der Waals surface area contributed by atoms with Crippen molar-refractivity contribution >= 4 is 23.6 Å². The number of benzene rings is 2. The first-order valence-corrected chi connectivity index (χ1v) is 9.61. The highest BCUT2D eigenvalue weighted by Gasteiger charge is 2.29. The van der Waals surface area contributed by atoms with E-state index in [0.717, 1.165) is 22.3 Å². The van der Waals surface area contributed by atoms with Crippen molar-refractivity contribution in [2.45, 2.75) is 31.7 Å². The summed E-state index contributed by atoms with van der Waals surface area (Å²) in [6, 6.07) is 14.8. The van der Waals surface area contributed by atoms with Gasteiger partial charge < -0.3 is 14.8 Å². The van der Waals surface area contributed by atoms with Crippen LogP contribution >= 0.6 is 0 Å². The molecule has 0 spiro atoms. The smallest absolute Gasteiger partial charge is 0.407 e. The molecule has 0 saturated heterocycles. The zero-order valence-corrected chi connectivity index (χ0v) is 16.8. The molecular weight excluding hydrogens is 386 g/mol. The van der Waals surface area contributed by atoms with Crippen LogP contribution in [0.3, 0.4) is 0 Å². The molecule has 1 atom stereocenters. The van der Waals surface area contributed by atoms with Crippen LogP contribution in [0.15, 0.2) is 48.5 Å². The van der Waals surface area contributed by atoms with Crippen LogP contribution in [0.25, 0.3) is 11.1 Å². The monoisotopic (exact) mass is 409 g/mol. The molecule has 0 heterocycles. The number of esters is 1. The van der Waals surface area contributed by atoms with Crippen molar-refractivity contribution in [3.05, 3.63) is 59.7 Å². The number of ether oxygens (including phenoxy) is 2.